The number of halogens is 2. The normalized spacial score (nSPS) is 14.7. The second-order valence-corrected chi connectivity index (χ2v) is 7.49. The van der Waals surface area contributed by atoms with Crippen LogP contribution in [-0.4, -0.2) is 30.8 Å². The largest absolute Gasteiger partial charge is 0.311 e. The summed E-state index contributed by atoms with van der Waals surface area (Å²) in [7, 11) is -0.776. The van der Waals surface area contributed by atoms with E-state index in [4.69, 9.17) is 11.6 Å². The number of imidazole rings is 1. The third-order valence-corrected chi connectivity index (χ3v) is 4.24. The van der Waals surface area contributed by atoms with E-state index in [9.17, 15) is 4.21 Å². The van der Waals surface area contributed by atoms with Crippen LogP contribution in [0.5, 0.6) is 0 Å². The van der Waals surface area contributed by atoms with Gasteiger partial charge in [0.1, 0.15) is 11.3 Å². The van der Waals surface area contributed by atoms with Gasteiger partial charge in [0, 0.05) is 40.0 Å². The molecule has 104 valence electrons. The molecule has 2 aromatic rings. The van der Waals surface area contributed by atoms with Crippen LogP contribution in [-0.2, 0) is 17.3 Å². The molecule has 0 aliphatic rings. The SMILES string of the molecule is CC(Cl)c1nc2cc(Br)cnc2n1CCCS(C)=O. The molecule has 0 saturated carbocycles. The number of alkyl halides is 1. The van der Waals surface area contributed by atoms with Gasteiger partial charge in [0.05, 0.1) is 5.38 Å². The summed E-state index contributed by atoms with van der Waals surface area (Å²) in [6.45, 7) is 2.63. The van der Waals surface area contributed by atoms with Gasteiger partial charge in [0.25, 0.3) is 0 Å². The maximum absolute atomic E-state index is 11.1. The number of aromatic nitrogens is 3. The molecule has 0 amide bonds. The summed E-state index contributed by atoms with van der Waals surface area (Å²) in [5, 5.41) is -0.180. The van der Waals surface area contributed by atoms with Gasteiger partial charge in [-0.3, -0.25) is 4.21 Å². The van der Waals surface area contributed by atoms with Crippen molar-refractivity contribution in [2.75, 3.05) is 12.0 Å². The Morgan fingerprint density at radius 3 is 2.95 bits per heavy atom. The van der Waals surface area contributed by atoms with Crippen LogP contribution in [0, 0.1) is 0 Å². The molecule has 7 heteroatoms. The molecule has 0 aromatic carbocycles. The van der Waals surface area contributed by atoms with E-state index in [1.54, 1.807) is 12.5 Å². The Kier molecular flexibility index (Phi) is 4.97. The molecule has 2 aromatic heterocycles. The lowest BCUT2D eigenvalue weighted by Crippen LogP contribution is -2.08. The fourth-order valence-electron chi connectivity index (χ4n) is 1.95. The van der Waals surface area contributed by atoms with Crippen molar-refractivity contribution in [3.63, 3.8) is 0 Å². The van der Waals surface area contributed by atoms with Crippen LogP contribution in [0.3, 0.4) is 0 Å². The van der Waals surface area contributed by atoms with E-state index in [0.29, 0.717) is 5.75 Å². The molecule has 0 spiro atoms. The summed E-state index contributed by atoms with van der Waals surface area (Å²) < 4.78 is 14.1. The Morgan fingerprint density at radius 1 is 1.58 bits per heavy atom. The Morgan fingerprint density at radius 2 is 2.32 bits per heavy atom. The second-order valence-electron chi connectivity index (χ2n) is 4.36. The molecule has 2 rings (SSSR count). The highest BCUT2D eigenvalue weighted by Crippen LogP contribution is 2.25. The topological polar surface area (TPSA) is 47.8 Å². The van der Waals surface area contributed by atoms with Crippen molar-refractivity contribution in [1.82, 2.24) is 14.5 Å². The number of rotatable bonds is 5. The van der Waals surface area contributed by atoms with Gasteiger partial charge in [0.15, 0.2) is 5.65 Å². The number of fused-ring (bicyclic) bond motifs is 1. The zero-order valence-corrected chi connectivity index (χ0v) is 13.9. The van der Waals surface area contributed by atoms with E-state index in [1.807, 2.05) is 17.6 Å². The Balaban J connectivity index is 2.37. The van der Waals surface area contributed by atoms with Crippen LogP contribution in [0.2, 0.25) is 0 Å². The number of hydrogen-bond donors (Lipinski definition) is 0. The maximum atomic E-state index is 11.1. The Hall–Kier alpha value is -0.460. The van der Waals surface area contributed by atoms with Crippen LogP contribution in [0.4, 0.5) is 0 Å². The molecule has 0 aliphatic heterocycles. The van der Waals surface area contributed by atoms with E-state index >= 15 is 0 Å². The summed E-state index contributed by atoms with van der Waals surface area (Å²) in [6.07, 6.45) is 4.29. The lowest BCUT2D eigenvalue weighted by molar-refractivity contribution is 0.642. The van der Waals surface area contributed by atoms with Gasteiger partial charge < -0.3 is 4.57 Å². The van der Waals surface area contributed by atoms with Gasteiger partial charge in [-0.05, 0) is 35.3 Å². The van der Waals surface area contributed by atoms with Gasteiger partial charge >= 0.3 is 0 Å². The molecule has 4 nitrogen and oxygen atoms in total. The van der Waals surface area contributed by atoms with E-state index in [2.05, 4.69) is 25.9 Å². The minimum absolute atomic E-state index is 0.180. The molecule has 2 atom stereocenters. The molecule has 0 saturated heterocycles. The standard InChI is InChI=1S/C12H15BrClN3OS/c1-8(14)11-16-10-6-9(13)7-15-12(10)17(11)4-3-5-19(2)18/h6-8H,3-5H2,1-2H3. The van der Waals surface area contributed by atoms with Gasteiger partial charge in [0.2, 0.25) is 0 Å². The monoisotopic (exact) mass is 363 g/mol. The third-order valence-electron chi connectivity index (χ3n) is 2.75. The van der Waals surface area contributed by atoms with Gasteiger partial charge in [-0.25, -0.2) is 9.97 Å². The highest BCUT2D eigenvalue weighted by molar-refractivity contribution is 9.10. The van der Waals surface area contributed by atoms with E-state index in [1.165, 1.54) is 0 Å². The molecule has 19 heavy (non-hydrogen) atoms. The van der Waals surface area contributed by atoms with Crippen molar-refractivity contribution in [3.05, 3.63) is 22.6 Å². The molecule has 0 fully saturated rings. The Bertz CT molecular complexity index is 614. The summed E-state index contributed by atoms with van der Waals surface area (Å²) in [4.78, 5) is 8.93. The van der Waals surface area contributed by atoms with Gasteiger partial charge in [-0.2, -0.15) is 0 Å². The first-order valence-electron chi connectivity index (χ1n) is 5.95. The number of hydrogen-bond acceptors (Lipinski definition) is 3. The van der Waals surface area contributed by atoms with Crippen molar-refractivity contribution in [2.24, 2.45) is 0 Å². The van der Waals surface area contributed by atoms with Crippen LogP contribution >= 0.6 is 27.5 Å². The zero-order valence-electron chi connectivity index (χ0n) is 10.8. The molecule has 2 unspecified atom stereocenters. The first-order chi connectivity index (χ1) is 8.99. The first kappa shape index (κ1) is 14.9. The maximum Gasteiger partial charge on any atom is 0.160 e. The van der Waals surface area contributed by atoms with Crippen molar-refractivity contribution in [1.29, 1.82) is 0 Å². The van der Waals surface area contributed by atoms with Gasteiger partial charge in [-0.15, -0.1) is 11.6 Å². The van der Waals surface area contributed by atoms with Crippen molar-refractivity contribution in [2.45, 2.75) is 25.3 Å². The smallest absolute Gasteiger partial charge is 0.160 e. The van der Waals surface area contributed by atoms with Gasteiger partial charge in [-0.1, -0.05) is 0 Å². The average molecular weight is 365 g/mol. The van der Waals surface area contributed by atoms with E-state index in [-0.39, 0.29) is 5.38 Å². The van der Waals surface area contributed by atoms with E-state index < -0.39 is 10.8 Å². The molecular formula is C12H15BrClN3OS. The fraction of sp³-hybridized carbons (Fsp3) is 0.500. The predicted octanol–water partition coefficient (Wildman–Crippen LogP) is 3.26. The molecule has 0 aliphatic carbocycles. The molecule has 0 N–H and O–H groups in total. The third kappa shape index (κ3) is 3.55. The molecular weight excluding hydrogens is 350 g/mol. The molecule has 2 heterocycles. The van der Waals surface area contributed by atoms with Crippen molar-refractivity contribution >= 4 is 49.5 Å². The summed E-state index contributed by atoms with van der Waals surface area (Å²) in [6, 6.07) is 1.93. The minimum atomic E-state index is -0.776. The lowest BCUT2D eigenvalue weighted by Gasteiger charge is -2.09. The zero-order chi connectivity index (χ0) is 14.0. The van der Waals surface area contributed by atoms with Crippen LogP contribution < -0.4 is 0 Å². The molecule has 0 bridgehead atoms. The van der Waals surface area contributed by atoms with Crippen molar-refractivity contribution in [3.8, 4) is 0 Å². The number of pyridine rings is 1. The number of aryl methyl sites for hydroxylation is 1. The minimum Gasteiger partial charge on any atom is -0.311 e. The first-order valence-corrected chi connectivity index (χ1v) is 8.90. The van der Waals surface area contributed by atoms with Crippen LogP contribution in [0.1, 0.15) is 24.5 Å². The number of nitrogens with zero attached hydrogens (tertiary/aromatic N) is 3. The summed E-state index contributed by atoms with van der Waals surface area (Å²) in [5.74, 6) is 1.48. The predicted molar refractivity (Wildman–Crippen MR) is 83.0 cm³/mol. The summed E-state index contributed by atoms with van der Waals surface area (Å²) >= 11 is 9.57. The van der Waals surface area contributed by atoms with E-state index in [0.717, 1.165) is 34.4 Å². The Labute approximate surface area is 128 Å². The fourth-order valence-corrected chi connectivity index (χ4v) is 2.98. The summed E-state index contributed by atoms with van der Waals surface area (Å²) in [5.41, 5.74) is 1.65. The highest BCUT2D eigenvalue weighted by atomic mass is 79.9. The highest BCUT2D eigenvalue weighted by Gasteiger charge is 2.15. The van der Waals surface area contributed by atoms with Crippen LogP contribution in [0.15, 0.2) is 16.7 Å². The average Bonchev–Trinajstić information content (AvgIpc) is 2.67. The second kappa shape index (κ2) is 6.33. The lowest BCUT2D eigenvalue weighted by atomic mass is 10.4. The quantitative estimate of drug-likeness (QED) is 0.765. The molecule has 0 radical (unpaired) electrons. The van der Waals surface area contributed by atoms with Crippen molar-refractivity contribution < 1.29 is 4.21 Å². The van der Waals surface area contributed by atoms with Crippen LogP contribution in [0.25, 0.3) is 11.2 Å².